The molecule has 0 bridgehead atoms. The van der Waals surface area contributed by atoms with Crippen LogP contribution in [0.25, 0.3) is 10.9 Å². The molecule has 0 saturated carbocycles. The molecule has 0 aliphatic rings. The first-order chi connectivity index (χ1) is 18.0. The lowest BCUT2D eigenvalue weighted by atomic mass is 9.99. The van der Waals surface area contributed by atoms with Crippen molar-refractivity contribution in [2.45, 2.75) is 57.7 Å². The van der Waals surface area contributed by atoms with Gasteiger partial charge in [-0.25, -0.2) is 4.79 Å². The fraction of sp³-hybridized carbons (Fsp3) is 0.480. The van der Waals surface area contributed by atoms with Crippen LogP contribution in [0.15, 0.2) is 35.5 Å². The topological polar surface area (TPSA) is 231 Å². The highest BCUT2D eigenvalue weighted by molar-refractivity contribution is 5.93. The van der Waals surface area contributed by atoms with Crippen LogP contribution in [0, 0.1) is 5.92 Å². The molecule has 2 aromatic rings. The zero-order valence-electron chi connectivity index (χ0n) is 21.7. The van der Waals surface area contributed by atoms with Gasteiger partial charge in [-0.05, 0) is 30.4 Å². The summed E-state index contributed by atoms with van der Waals surface area (Å²) in [5.74, 6) is -3.19. The lowest BCUT2D eigenvalue weighted by Gasteiger charge is -2.22. The Labute approximate surface area is 221 Å². The Bertz CT molecular complexity index is 1140. The average molecular weight is 531 g/mol. The van der Waals surface area contributed by atoms with Crippen molar-refractivity contribution in [3.8, 4) is 0 Å². The molecule has 0 spiro atoms. The minimum atomic E-state index is -1.24. The third-order valence-corrected chi connectivity index (χ3v) is 6.29. The smallest absolute Gasteiger partial charge is 0.326 e. The fourth-order valence-electron chi connectivity index (χ4n) is 3.81. The van der Waals surface area contributed by atoms with Gasteiger partial charge in [-0.2, -0.15) is 0 Å². The van der Waals surface area contributed by atoms with Gasteiger partial charge in [0.1, 0.15) is 12.1 Å². The van der Waals surface area contributed by atoms with Crippen LogP contribution in [0.4, 0.5) is 0 Å². The largest absolute Gasteiger partial charge is 0.480 e. The van der Waals surface area contributed by atoms with Crippen LogP contribution in [0.5, 0.6) is 0 Å². The van der Waals surface area contributed by atoms with Gasteiger partial charge in [-0.1, -0.05) is 38.5 Å². The van der Waals surface area contributed by atoms with E-state index in [-0.39, 0.29) is 31.3 Å². The van der Waals surface area contributed by atoms with Crippen LogP contribution in [-0.2, 0) is 25.6 Å². The Balaban J connectivity index is 2.07. The second-order valence-electron chi connectivity index (χ2n) is 9.16. The number of carboxylic acids is 1. The van der Waals surface area contributed by atoms with Crippen molar-refractivity contribution < 1.29 is 24.3 Å². The number of nitrogens with zero attached hydrogens (tertiary/aromatic N) is 1. The number of rotatable bonds is 15. The number of carboxylic acid groups (broad SMARTS) is 1. The van der Waals surface area contributed by atoms with E-state index in [1.54, 1.807) is 6.20 Å². The highest BCUT2D eigenvalue weighted by Crippen LogP contribution is 2.19. The molecule has 2 rings (SSSR count). The minimum absolute atomic E-state index is 0.0311. The molecule has 38 heavy (non-hydrogen) atoms. The Kier molecular flexibility index (Phi) is 11.5. The molecule has 0 aliphatic carbocycles. The number of nitrogens with one attached hydrogen (secondary N) is 4. The molecule has 0 aliphatic heterocycles. The Morgan fingerprint density at radius 2 is 1.79 bits per heavy atom. The van der Waals surface area contributed by atoms with Gasteiger partial charge in [0, 0.05) is 30.1 Å². The van der Waals surface area contributed by atoms with Crippen molar-refractivity contribution in [2.75, 3.05) is 13.1 Å². The number of guanidine groups is 1. The summed E-state index contributed by atoms with van der Waals surface area (Å²) in [4.78, 5) is 56.8. The van der Waals surface area contributed by atoms with E-state index in [0.717, 1.165) is 16.5 Å². The number of para-hydroxylation sites is 1. The second-order valence-corrected chi connectivity index (χ2v) is 9.16. The predicted molar refractivity (Wildman–Crippen MR) is 144 cm³/mol. The normalized spacial score (nSPS) is 14.1. The number of fused-ring (bicyclic) bond motifs is 1. The summed E-state index contributed by atoms with van der Waals surface area (Å²) < 4.78 is 0. The molecule has 0 radical (unpaired) electrons. The SMILES string of the molecule is CCC(C)C(N)C(=O)NCC(=O)NC(CCCN=C(N)N)C(=O)NC(Cc1c[nH]c2ccccc12)C(=O)O. The summed E-state index contributed by atoms with van der Waals surface area (Å²) >= 11 is 0. The second kappa shape index (κ2) is 14.6. The molecule has 208 valence electrons. The Hall–Kier alpha value is -4.13. The van der Waals surface area contributed by atoms with Gasteiger partial charge in [0.15, 0.2) is 5.96 Å². The zero-order chi connectivity index (χ0) is 28.2. The summed E-state index contributed by atoms with van der Waals surface area (Å²) in [6.07, 6.45) is 2.90. The van der Waals surface area contributed by atoms with Crippen LogP contribution >= 0.6 is 0 Å². The van der Waals surface area contributed by atoms with Gasteiger partial charge in [-0.15, -0.1) is 0 Å². The number of aromatic nitrogens is 1. The molecule has 1 aromatic carbocycles. The number of amides is 3. The number of H-pyrrole nitrogens is 1. The molecule has 13 heteroatoms. The molecule has 1 aromatic heterocycles. The summed E-state index contributed by atoms with van der Waals surface area (Å²) in [7, 11) is 0. The van der Waals surface area contributed by atoms with Crippen LogP contribution in [0.2, 0.25) is 0 Å². The molecule has 11 N–H and O–H groups in total. The molecule has 13 nitrogen and oxygen atoms in total. The van der Waals surface area contributed by atoms with Crippen LogP contribution in [0.1, 0.15) is 38.7 Å². The Morgan fingerprint density at radius 3 is 2.45 bits per heavy atom. The van der Waals surface area contributed by atoms with Gasteiger partial charge in [0.2, 0.25) is 17.7 Å². The van der Waals surface area contributed by atoms with E-state index in [1.165, 1.54) is 0 Å². The standard InChI is InChI=1S/C25H38N8O5/c1-3-14(2)21(26)23(36)31-13-20(34)32-18(9-6-10-29-25(27)28)22(35)33-19(24(37)38)11-15-12-30-17-8-5-4-7-16(15)17/h4-5,7-8,12,14,18-19,21,30H,3,6,9-11,13,26H2,1-2H3,(H,31,36)(H,32,34)(H,33,35)(H,37,38)(H4,27,28,29). The van der Waals surface area contributed by atoms with Crippen molar-refractivity contribution in [1.29, 1.82) is 0 Å². The number of aliphatic carboxylic acids is 1. The Morgan fingerprint density at radius 1 is 1.08 bits per heavy atom. The highest BCUT2D eigenvalue weighted by atomic mass is 16.4. The maximum atomic E-state index is 13.1. The number of carbonyl (C=O) groups is 4. The summed E-state index contributed by atoms with van der Waals surface area (Å²) in [5, 5.41) is 18.2. The van der Waals surface area contributed by atoms with E-state index in [0.29, 0.717) is 12.8 Å². The van der Waals surface area contributed by atoms with E-state index in [1.807, 2.05) is 38.1 Å². The van der Waals surface area contributed by atoms with Crippen molar-refractivity contribution >= 4 is 40.6 Å². The van der Waals surface area contributed by atoms with Gasteiger partial charge in [0.05, 0.1) is 12.6 Å². The first kappa shape index (κ1) is 30.1. The molecule has 3 amide bonds. The molecule has 4 atom stereocenters. The molecule has 0 fully saturated rings. The van der Waals surface area contributed by atoms with E-state index in [4.69, 9.17) is 17.2 Å². The number of hydrogen-bond acceptors (Lipinski definition) is 6. The lowest BCUT2D eigenvalue weighted by Crippen LogP contribution is -2.54. The molecule has 1 heterocycles. The van der Waals surface area contributed by atoms with E-state index >= 15 is 0 Å². The number of hydrogen-bond donors (Lipinski definition) is 8. The van der Waals surface area contributed by atoms with Crippen molar-refractivity contribution in [3.05, 3.63) is 36.0 Å². The van der Waals surface area contributed by atoms with Crippen molar-refractivity contribution in [2.24, 2.45) is 28.1 Å². The zero-order valence-corrected chi connectivity index (χ0v) is 21.7. The highest BCUT2D eigenvalue weighted by Gasteiger charge is 2.28. The fourth-order valence-corrected chi connectivity index (χ4v) is 3.81. The number of carbonyl (C=O) groups excluding carboxylic acids is 3. The van der Waals surface area contributed by atoms with Crippen LogP contribution < -0.4 is 33.2 Å². The summed E-state index contributed by atoms with van der Waals surface area (Å²) in [6, 6.07) is 4.32. The first-order valence-corrected chi connectivity index (χ1v) is 12.5. The molecular formula is C25H38N8O5. The minimum Gasteiger partial charge on any atom is -0.480 e. The van der Waals surface area contributed by atoms with E-state index in [9.17, 15) is 24.3 Å². The maximum Gasteiger partial charge on any atom is 0.326 e. The molecule has 4 unspecified atom stereocenters. The van der Waals surface area contributed by atoms with Gasteiger partial charge in [0.25, 0.3) is 0 Å². The maximum absolute atomic E-state index is 13.1. The van der Waals surface area contributed by atoms with Crippen molar-refractivity contribution in [3.63, 3.8) is 0 Å². The lowest BCUT2D eigenvalue weighted by molar-refractivity contribution is -0.142. The van der Waals surface area contributed by atoms with Crippen LogP contribution in [0.3, 0.4) is 0 Å². The van der Waals surface area contributed by atoms with Crippen molar-refractivity contribution in [1.82, 2.24) is 20.9 Å². The third kappa shape index (κ3) is 9.07. The van der Waals surface area contributed by atoms with Gasteiger partial charge < -0.3 is 43.2 Å². The monoisotopic (exact) mass is 530 g/mol. The molecule has 0 saturated heterocycles. The summed E-state index contributed by atoms with van der Waals surface area (Å²) in [5.41, 5.74) is 18.1. The average Bonchev–Trinajstić information content (AvgIpc) is 3.30. The van der Waals surface area contributed by atoms with E-state index < -0.39 is 48.4 Å². The van der Waals surface area contributed by atoms with E-state index in [2.05, 4.69) is 25.9 Å². The molecular weight excluding hydrogens is 492 g/mol. The number of nitrogens with two attached hydrogens (primary N) is 3. The number of aromatic amines is 1. The first-order valence-electron chi connectivity index (χ1n) is 12.5. The number of aliphatic imine (C=N–C) groups is 1. The third-order valence-electron chi connectivity index (χ3n) is 6.29. The summed E-state index contributed by atoms with van der Waals surface area (Å²) in [6.45, 7) is 3.55. The van der Waals surface area contributed by atoms with Gasteiger partial charge >= 0.3 is 5.97 Å². The number of benzene rings is 1. The quantitative estimate of drug-likeness (QED) is 0.0832. The van der Waals surface area contributed by atoms with Gasteiger partial charge in [-0.3, -0.25) is 19.4 Å². The van der Waals surface area contributed by atoms with Crippen LogP contribution in [-0.4, -0.2) is 71.0 Å². The predicted octanol–water partition coefficient (Wildman–Crippen LogP) is -0.692.